The number of allylic oxidation sites excluding steroid dienone is 1. The third-order valence-electron chi connectivity index (χ3n) is 2.93. The Bertz CT molecular complexity index is 658. The summed E-state index contributed by atoms with van der Waals surface area (Å²) in [5, 5.41) is 0.916. The number of aldehydes is 1. The molecule has 0 amide bonds. The average Bonchev–Trinajstić information content (AvgIpc) is 2.37. The number of rotatable bonds is 1. The van der Waals surface area contributed by atoms with Gasteiger partial charge in [0, 0.05) is 10.9 Å². The molecule has 0 N–H and O–H groups in total. The Morgan fingerprint density at radius 2 is 2.06 bits per heavy atom. The largest absolute Gasteiger partial charge is 0.302 e. The van der Waals surface area contributed by atoms with Gasteiger partial charge >= 0.3 is 0 Å². The van der Waals surface area contributed by atoms with Gasteiger partial charge in [0.05, 0.1) is 17.1 Å². The summed E-state index contributed by atoms with van der Waals surface area (Å²) in [5.41, 5.74) is 2.03. The van der Waals surface area contributed by atoms with Gasteiger partial charge in [0.1, 0.15) is 6.29 Å². The first-order valence-electron chi connectivity index (χ1n) is 5.37. The van der Waals surface area contributed by atoms with Gasteiger partial charge in [-0.2, -0.15) is 0 Å². The van der Waals surface area contributed by atoms with E-state index in [-0.39, 0.29) is 5.78 Å². The minimum atomic E-state index is -0.662. The van der Waals surface area contributed by atoms with Crippen LogP contribution in [0.4, 0.5) is 0 Å². The number of nitrogens with zero attached hydrogens (tertiary/aromatic N) is 1. The van der Waals surface area contributed by atoms with Gasteiger partial charge in [-0.1, -0.05) is 24.3 Å². The summed E-state index contributed by atoms with van der Waals surface area (Å²) in [6, 6.07) is 9.42. The monoisotopic (exact) mass is 223 g/mol. The van der Waals surface area contributed by atoms with Crippen LogP contribution < -0.4 is 0 Å². The van der Waals surface area contributed by atoms with Crippen molar-refractivity contribution in [3.05, 3.63) is 47.7 Å². The molecule has 0 saturated heterocycles. The van der Waals surface area contributed by atoms with Crippen LogP contribution in [0.3, 0.4) is 0 Å². The highest BCUT2D eigenvalue weighted by Crippen LogP contribution is 2.24. The quantitative estimate of drug-likeness (QED) is 0.550. The number of fused-ring (bicyclic) bond motifs is 2. The zero-order valence-electron chi connectivity index (χ0n) is 8.96. The van der Waals surface area contributed by atoms with Crippen LogP contribution in [0.5, 0.6) is 0 Å². The predicted molar refractivity (Wildman–Crippen MR) is 64.7 cm³/mol. The number of ketones is 1. The molecule has 1 aliphatic rings. The van der Waals surface area contributed by atoms with Gasteiger partial charge in [-0.25, -0.2) is 4.98 Å². The maximum atomic E-state index is 12.0. The Morgan fingerprint density at radius 3 is 2.88 bits per heavy atom. The molecule has 2 aromatic rings. The molecule has 1 atom stereocenters. The molecule has 3 rings (SSSR count). The van der Waals surface area contributed by atoms with Gasteiger partial charge in [-0.05, 0) is 18.2 Å². The van der Waals surface area contributed by atoms with Crippen LogP contribution in [0, 0.1) is 5.92 Å². The molecule has 0 aliphatic heterocycles. The van der Waals surface area contributed by atoms with Crippen molar-refractivity contribution in [1.82, 2.24) is 4.98 Å². The molecule has 0 bridgehead atoms. The molecule has 0 fully saturated rings. The second-order valence-corrected chi connectivity index (χ2v) is 4.00. The van der Waals surface area contributed by atoms with Crippen LogP contribution in [0.15, 0.2) is 36.4 Å². The van der Waals surface area contributed by atoms with Crippen molar-refractivity contribution in [3.63, 3.8) is 0 Å². The molecule has 1 aromatic heterocycles. The molecule has 1 heterocycles. The second kappa shape index (κ2) is 3.63. The summed E-state index contributed by atoms with van der Waals surface area (Å²) in [7, 11) is 0. The van der Waals surface area contributed by atoms with E-state index >= 15 is 0 Å². The lowest BCUT2D eigenvalue weighted by molar-refractivity contribution is -0.108. The standard InChI is InChI=1S/C14H9NO2/c16-8-10-5-6-13-11(14(10)17)7-9-3-1-2-4-12(9)15-13/h1-8,10H. The van der Waals surface area contributed by atoms with Crippen molar-refractivity contribution < 1.29 is 9.59 Å². The van der Waals surface area contributed by atoms with Crippen LogP contribution in [-0.4, -0.2) is 17.1 Å². The zero-order valence-corrected chi connectivity index (χ0v) is 8.96. The van der Waals surface area contributed by atoms with Gasteiger partial charge in [0.15, 0.2) is 5.78 Å². The summed E-state index contributed by atoms with van der Waals surface area (Å²) >= 11 is 0. The van der Waals surface area contributed by atoms with E-state index in [1.165, 1.54) is 0 Å². The molecule has 0 saturated carbocycles. The fourth-order valence-electron chi connectivity index (χ4n) is 2.02. The number of pyridine rings is 1. The fraction of sp³-hybridized carbons (Fsp3) is 0.0714. The van der Waals surface area contributed by atoms with Crippen LogP contribution in [-0.2, 0) is 4.79 Å². The van der Waals surface area contributed by atoms with E-state index in [1.54, 1.807) is 18.2 Å². The molecule has 82 valence electrons. The predicted octanol–water partition coefficient (Wildman–Crippen LogP) is 2.26. The van der Waals surface area contributed by atoms with Crippen molar-refractivity contribution in [2.75, 3.05) is 0 Å². The first-order chi connectivity index (χ1) is 8.29. The van der Waals surface area contributed by atoms with E-state index in [1.807, 2.05) is 24.3 Å². The number of hydrogen-bond donors (Lipinski definition) is 0. The number of aromatic nitrogens is 1. The van der Waals surface area contributed by atoms with Crippen molar-refractivity contribution in [2.45, 2.75) is 0 Å². The summed E-state index contributed by atoms with van der Waals surface area (Å²) in [6.07, 6.45) is 4.00. The lowest BCUT2D eigenvalue weighted by Crippen LogP contribution is -2.18. The fourth-order valence-corrected chi connectivity index (χ4v) is 2.02. The number of carbonyl (C=O) groups is 2. The maximum absolute atomic E-state index is 12.0. The smallest absolute Gasteiger partial charge is 0.179 e. The number of hydrogen-bond acceptors (Lipinski definition) is 3. The summed E-state index contributed by atoms with van der Waals surface area (Å²) in [6.45, 7) is 0. The van der Waals surface area contributed by atoms with Gasteiger partial charge in [0.25, 0.3) is 0 Å². The Labute approximate surface area is 97.8 Å². The molecule has 0 spiro atoms. The third kappa shape index (κ3) is 1.47. The molecular weight excluding hydrogens is 214 g/mol. The molecule has 0 radical (unpaired) electrons. The molecule has 3 nitrogen and oxygen atoms in total. The van der Waals surface area contributed by atoms with Gasteiger partial charge in [-0.15, -0.1) is 0 Å². The maximum Gasteiger partial charge on any atom is 0.179 e. The van der Waals surface area contributed by atoms with Gasteiger partial charge in [0.2, 0.25) is 0 Å². The number of para-hydroxylation sites is 1. The minimum absolute atomic E-state index is 0.171. The van der Waals surface area contributed by atoms with Gasteiger partial charge in [-0.3, -0.25) is 4.79 Å². The molecule has 17 heavy (non-hydrogen) atoms. The van der Waals surface area contributed by atoms with E-state index in [4.69, 9.17) is 0 Å². The minimum Gasteiger partial charge on any atom is -0.302 e. The zero-order chi connectivity index (χ0) is 11.8. The van der Waals surface area contributed by atoms with Crippen LogP contribution >= 0.6 is 0 Å². The summed E-state index contributed by atoms with van der Waals surface area (Å²) < 4.78 is 0. The molecule has 1 aliphatic carbocycles. The highest BCUT2D eigenvalue weighted by molar-refractivity contribution is 6.12. The summed E-state index contributed by atoms with van der Waals surface area (Å²) in [4.78, 5) is 27.1. The lowest BCUT2D eigenvalue weighted by atomic mass is 9.91. The normalized spacial score (nSPS) is 18.1. The number of carbonyl (C=O) groups excluding carboxylic acids is 2. The Morgan fingerprint density at radius 1 is 1.24 bits per heavy atom. The molecular formula is C14H9NO2. The Balaban J connectivity index is 2.28. The topological polar surface area (TPSA) is 47.0 Å². The van der Waals surface area contributed by atoms with Crippen molar-refractivity contribution in [2.24, 2.45) is 5.92 Å². The molecule has 1 unspecified atom stereocenters. The SMILES string of the molecule is O=CC1C=Cc2nc3ccccc3cc2C1=O. The van der Waals surface area contributed by atoms with Crippen LogP contribution in [0.25, 0.3) is 17.0 Å². The first-order valence-corrected chi connectivity index (χ1v) is 5.37. The highest BCUT2D eigenvalue weighted by atomic mass is 16.1. The number of benzene rings is 1. The summed E-state index contributed by atoms with van der Waals surface area (Å²) in [5.74, 6) is -0.832. The first kappa shape index (κ1) is 9.90. The number of Topliss-reactive ketones (excluding diaryl/α,β-unsaturated/α-hetero) is 1. The average molecular weight is 223 g/mol. The molecule has 1 aromatic carbocycles. The van der Waals surface area contributed by atoms with Crippen molar-refractivity contribution in [3.8, 4) is 0 Å². The Kier molecular flexibility index (Phi) is 2.11. The van der Waals surface area contributed by atoms with Crippen LogP contribution in [0.1, 0.15) is 16.1 Å². The van der Waals surface area contributed by atoms with E-state index in [2.05, 4.69) is 4.98 Å². The lowest BCUT2D eigenvalue weighted by Gasteiger charge is -2.13. The molecule has 3 heteroatoms. The van der Waals surface area contributed by atoms with E-state index < -0.39 is 5.92 Å². The van der Waals surface area contributed by atoms with E-state index in [0.717, 1.165) is 10.9 Å². The Hall–Kier alpha value is -2.29. The van der Waals surface area contributed by atoms with E-state index in [0.29, 0.717) is 17.5 Å². The second-order valence-electron chi connectivity index (χ2n) is 4.00. The highest BCUT2D eigenvalue weighted by Gasteiger charge is 2.24. The van der Waals surface area contributed by atoms with Crippen LogP contribution in [0.2, 0.25) is 0 Å². The third-order valence-corrected chi connectivity index (χ3v) is 2.93. The van der Waals surface area contributed by atoms with E-state index in [9.17, 15) is 9.59 Å². The van der Waals surface area contributed by atoms with Crippen molar-refractivity contribution >= 4 is 29.0 Å². The van der Waals surface area contributed by atoms with Crippen molar-refractivity contribution in [1.29, 1.82) is 0 Å². The van der Waals surface area contributed by atoms with Gasteiger partial charge < -0.3 is 4.79 Å².